The fourth-order valence-electron chi connectivity index (χ4n) is 5.03. The van der Waals surface area contributed by atoms with Crippen molar-refractivity contribution in [3.63, 3.8) is 0 Å². The molecule has 0 saturated carbocycles. The SMILES string of the molecule is CCOc1ncc(-c2ccc([C@H](C)N3CCC(CC(C)(C)O)(c4ccccc4)OC3=O)cc2)cc1C. The zero-order valence-electron chi connectivity index (χ0n) is 21.8. The molecule has 2 heterocycles. The number of cyclic esters (lactones) is 1. The molecule has 6 heteroatoms. The predicted octanol–water partition coefficient (Wildman–Crippen LogP) is 6.42. The lowest BCUT2D eigenvalue weighted by Crippen LogP contribution is -2.51. The average Bonchev–Trinajstić information content (AvgIpc) is 2.85. The molecule has 36 heavy (non-hydrogen) atoms. The van der Waals surface area contributed by atoms with Crippen molar-refractivity contribution in [3.05, 3.63) is 83.6 Å². The molecular formula is C30H36N2O4. The number of ether oxygens (including phenoxy) is 2. The van der Waals surface area contributed by atoms with Crippen LogP contribution < -0.4 is 4.74 Å². The van der Waals surface area contributed by atoms with Crippen LogP contribution in [0.3, 0.4) is 0 Å². The first kappa shape index (κ1) is 25.7. The zero-order chi connectivity index (χ0) is 25.9. The van der Waals surface area contributed by atoms with Gasteiger partial charge in [0.25, 0.3) is 0 Å². The molecule has 2 aromatic carbocycles. The van der Waals surface area contributed by atoms with Crippen LogP contribution in [0.1, 0.15) is 63.3 Å². The van der Waals surface area contributed by atoms with Gasteiger partial charge >= 0.3 is 6.09 Å². The van der Waals surface area contributed by atoms with Crippen LogP contribution in [0.15, 0.2) is 66.9 Å². The summed E-state index contributed by atoms with van der Waals surface area (Å²) in [5.74, 6) is 0.659. The van der Waals surface area contributed by atoms with E-state index < -0.39 is 11.2 Å². The van der Waals surface area contributed by atoms with Crippen LogP contribution in [0.2, 0.25) is 0 Å². The number of hydrogen-bond donors (Lipinski definition) is 1. The summed E-state index contributed by atoms with van der Waals surface area (Å²) in [6.45, 7) is 10.6. The van der Waals surface area contributed by atoms with Crippen LogP contribution in [0, 0.1) is 6.92 Å². The van der Waals surface area contributed by atoms with Gasteiger partial charge in [-0.25, -0.2) is 9.78 Å². The molecule has 1 unspecified atom stereocenters. The van der Waals surface area contributed by atoms with Crippen LogP contribution >= 0.6 is 0 Å². The van der Waals surface area contributed by atoms with Crippen LogP contribution in [0.25, 0.3) is 11.1 Å². The van der Waals surface area contributed by atoms with Gasteiger partial charge in [-0.2, -0.15) is 0 Å². The monoisotopic (exact) mass is 488 g/mol. The molecule has 0 bridgehead atoms. The molecule has 1 aromatic heterocycles. The van der Waals surface area contributed by atoms with E-state index in [0.717, 1.165) is 27.8 Å². The quantitative estimate of drug-likeness (QED) is 0.396. The van der Waals surface area contributed by atoms with Crippen molar-refractivity contribution in [3.8, 4) is 17.0 Å². The van der Waals surface area contributed by atoms with Gasteiger partial charge < -0.3 is 19.5 Å². The lowest BCUT2D eigenvalue weighted by Gasteiger charge is -2.45. The van der Waals surface area contributed by atoms with Crippen molar-refractivity contribution in [2.45, 2.75) is 64.7 Å². The maximum Gasteiger partial charge on any atom is 0.411 e. The summed E-state index contributed by atoms with van der Waals surface area (Å²) in [4.78, 5) is 19.5. The Morgan fingerprint density at radius 2 is 1.83 bits per heavy atom. The first-order valence-corrected chi connectivity index (χ1v) is 12.6. The van der Waals surface area contributed by atoms with Crippen molar-refractivity contribution >= 4 is 6.09 Å². The lowest BCUT2D eigenvalue weighted by molar-refractivity contribution is -0.101. The van der Waals surface area contributed by atoms with Crippen molar-refractivity contribution in [1.29, 1.82) is 0 Å². The fraction of sp³-hybridized carbons (Fsp3) is 0.400. The Morgan fingerprint density at radius 3 is 2.42 bits per heavy atom. The summed E-state index contributed by atoms with van der Waals surface area (Å²) in [6.07, 6.45) is 2.40. The first-order valence-electron chi connectivity index (χ1n) is 12.6. The number of carbonyl (C=O) groups excluding carboxylic acids is 1. The van der Waals surface area contributed by atoms with Gasteiger partial charge in [0.05, 0.1) is 18.2 Å². The third-order valence-electron chi connectivity index (χ3n) is 6.80. The number of benzene rings is 2. The highest BCUT2D eigenvalue weighted by Crippen LogP contribution is 2.42. The van der Waals surface area contributed by atoms with Gasteiger partial charge in [-0.3, -0.25) is 0 Å². The second kappa shape index (κ2) is 10.3. The molecule has 4 rings (SSSR count). The van der Waals surface area contributed by atoms with Gasteiger partial charge in [0.1, 0.15) is 5.60 Å². The minimum absolute atomic E-state index is 0.150. The molecule has 1 saturated heterocycles. The third kappa shape index (κ3) is 5.54. The minimum atomic E-state index is -0.978. The van der Waals surface area contributed by atoms with E-state index in [1.165, 1.54) is 0 Å². The van der Waals surface area contributed by atoms with E-state index in [1.807, 2.05) is 57.3 Å². The molecule has 0 aliphatic carbocycles. The standard InChI is InChI=1S/C30H36N2O4/c1-6-35-27-21(2)18-25(19-31-27)24-14-12-23(13-15-24)22(3)32-17-16-30(36-28(32)33,20-29(4,5)34)26-10-8-7-9-11-26/h7-15,18-19,22,34H,6,16-17,20H2,1-5H3/t22-,30?/m0/s1. The van der Waals surface area contributed by atoms with Gasteiger partial charge in [-0.1, -0.05) is 54.6 Å². The van der Waals surface area contributed by atoms with Crippen molar-refractivity contribution in [2.75, 3.05) is 13.2 Å². The Labute approximate surface area is 213 Å². The number of hydrogen-bond acceptors (Lipinski definition) is 5. The Bertz CT molecular complexity index is 1190. The van der Waals surface area contributed by atoms with Gasteiger partial charge in [0.2, 0.25) is 5.88 Å². The molecule has 190 valence electrons. The van der Waals surface area contributed by atoms with Crippen LogP contribution in [0.5, 0.6) is 5.88 Å². The van der Waals surface area contributed by atoms with Crippen LogP contribution in [0.4, 0.5) is 4.79 Å². The highest BCUT2D eigenvalue weighted by atomic mass is 16.6. The molecular weight excluding hydrogens is 452 g/mol. The molecule has 1 aliphatic heterocycles. The van der Waals surface area contributed by atoms with E-state index in [-0.39, 0.29) is 12.1 Å². The molecule has 0 radical (unpaired) electrons. The van der Waals surface area contributed by atoms with Gasteiger partial charge in [-0.05, 0) is 57.4 Å². The van der Waals surface area contributed by atoms with Crippen LogP contribution in [-0.4, -0.2) is 39.8 Å². The van der Waals surface area contributed by atoms with Gasteiger partial charge in [-0.15, -0.1) is 0 Å². The third-order valence-corrected chi connectivity index (χ3v) is 6.80. The van der Waals surface area contributed by atoms with E-state index in [0.29, 0.717) is 31.9 Å². The van der Waals surface area contributed by atoms with Gasteiger partial charge in [0, 0.05) is 36.7 Å². The summed E-state index contributed by atoms with van der Waals surface area (Å²) in [7, 11) is 0. The van der Waals surface area contributed by atoms with Crippen molar-refractivity contribution in [1.82, 2.24) is 9.88 Å². The summed E-state index contributed by atoms with van der Waals surface area (Å²) in [6, 6.07) is 19.9. The Hall–Kier alpha value is -3.38. The second-order valence-corrected chi connectivity index (χ2v) is 10.2. The fourth-order valence-corrected chi connectivity index (χ4v) is 5.03. The highest BCUT2D eigenvalue weighted by Gasteiger charge is 2.46. The normalized spacial score (nSPS) is 19.1. The summed E-state index contributed by atoms with van der Waals surface area (Å²) in [5, 5.41) is 10.6. The van der Waals surface area contributed by atoms with Crippen molar-refractivity contribution < 1.29 is 19.4 Å². The van der Waals surface area contributed by atoms with Gasteiger partial charge in [0.15, 0.2) is 0 Å². The Morgan fingerprint density at radius 1 is 1.14 bits per heavy atom. The molecule has 1 aliphatic rings. The molecule has 0 spiro atoms. The number of aliphatic hydroxyl groups is 1. The Kier molecular flexibility index (Phi) is 7.36. The molecule has 2 atom stereocenters. The number of amides is 1. The summed E-state index contributed by atoms with van der Waals surface area (Å²) in [5.41, 5.74) is 3.18. The van der Waals surface area contributed by atoms with E-state index >= 15 is 0 Å². The minimum Gasteiger partial charge on any atom is -0.478 e. The van der Waals surface area contributed by atoms with E-state index in [2.05, 4.69) is 35.3 Å². The average molecular weight is 489 g/mol. The van der Waals surface area contributed by atoms with E-state index in [1.54, 1.807) is 18.7 Å². The topological polar surface area (TPSA) is 71.9 Å². The predicted molar refractivity (Wildman–Crippen MR) is 141 cm³/mol. The first-order chi connectivity index (χ1) is 17.1. The molecule has 3 aromatic rings. The summed E-state index contributed by atoms with van der Waals surface area (Å²) < 4.78 is 11.7. The number of pyridine rings is 1. The molecule has 1 amide bonds. The Balaban J connectivity index is 1.51. The number of aromatic nitrogens is 1. The van der Waals surface area contributed by atoms with Crippen LogP contribution in [-0.2, 0) is 10.3 Å². The number of nitrogens with zero attached hydrogens (tertiary/aromatic N) is 2. The molecule has 6 nitrogen and oxygen atoms in total. The smallest absolute Gasteiger partial charge is 0.411 e. The maximum absolute atomic E-state index is 13.3. The van der Waals surface area contributed by atoms with E-state index in [9.17, 15) is 9.90 Å². The largest absolute Gasteiger partial charge is 0.478 e. The molecule has 1 fully saturated rings. The van der Waals surface area contributed by atoms with Crippen molar-refractivity contribution in [2.24, 2.45) is 0 Å². The summed E-state index contributed by atoms with van der Waals surface area (Å²) >= 11 is 0. The maximum atomic E-state index is 13.3. The highest BCUT2D eigenvalue weighted by molar-refractivity contribution is 5.70. The second-order valence-electron chi connectivity index (χ2n) is 10.2. The number of carbonyl (C=O) groups is 1. The number of rotatable bonds is 8. The lowest BCUT2D eigenvalue weighted by atomic mass is 9.80. The zero-order valence-corrected chi connectivity index (χ0v) is 21.8. The van der Waals surface area contributed by atoms with E-state index in [4.69, 9.17) is 9.47 Å². The number of aryl methyl sites for hydroxylation is 1. The molecule has 1 N–H and O–H groups in total.